The van der Waals surface area contributed by atoms with Crippen molar-refractivity contribution in [1.82, 2.24) is 15.5 Å². The first kappa shape index (κ1) is 9.79. The molecule has 7 nitrogen and oxygen atoms in total. The van der Waals surface area contributed by atoms with E-state index in [2.05, 4.69) is 15.5 Å². The monoisotopic (exact) mass is 232 g/mol. The van der Waals surface area contributed by atoms with Gasteiger partial charge in [0.2, 0.25) is 0 Å². The molecule has 0 aliphatic carbocycles. The van der Waals surface area contributed by atoms with Crippen molar-refractivity contribution in [3.8, 4) is 0 Å². The summed E-state index contributed by atoms with van der Waals surface area (Å²) in [5.74, 6) is -1.08. The van der Waals surface area contributed by atoms with E-state index in [4.69, 9.17) is 5.73 Å². The summed E-state index contributed by atoms with van der Waals surface area (Å²) in [6.45, 7) is 0. The Morgan fingerprint density at radius 2 is 2.24 bits per heavy atom. The lowest BCUT2D eigenvalue weighted by Gasteiger charge is -2.01. The number of nitrogens with zero attached hydrogens (tertiary/aromatic N) is 1. The summed E-state index contributed by atoms with van der Waals surface area (Å²) < 4.78 is 0. The quantitative estimate of drug-likeness (QED) is 0.524. The van der Waals surface area contributed by atoms with Gasteiger partial charge in [-0.1, -0.05) is 6.07 Å². The molecule has 86 valence electrons. The zero-order valence-corrected chi connectivity index (χ0v) is 8.52. The normalized spacial score (nSPS) is 18.2. The third-order valence-electron chi connectivity index (χ3n) is 2.80. The third-order valence-corrected chi connectivity index (χ3v) is 2.80. The summed E-state index contributed by atoms with van der Waals surface area (Å²) in [6.07, 6.45) is -1.03. The number of carbonyl (C=O) groups excluding carboxylic acids is 2. The Labute approximate surface area is 94.6 Å². The second-order valence-electron chi connectivity index (χ2n) is 3.76. The first-order valence-corrected chi connectivity index (χ1v) is 4.89. The summed E-state index contributed by atoms with van der Waals surface area (Å²) in [7, 11) is 0. The summed E-state index contributed by atoms with van der Waals surface area (Å²) in [4.78, 5) is 22.7. The van der Waals surface area contributed by atoms with E-state index < -0.39 is 18.0 Å². The molecule has 7 heteroatoms. The molecule has 1 aromatic carbocycles. The molecule has 1 unspecified atom stereocenters. The molecule has 1 aliphatic heterocycles. The third kappa shape index (κ3) is 1.16. The number of hydrogen-bond donors (Lipinski definition) is 4. The minimum Gasteiger partial charge on any atom is -0.369 e. The summed E-state index contributed by atoms with van der Waals surface area (Å²) in [5.41, 5.74) is 6.41. The van der Waals surface area contributed by atoms with Crippen molar-refractivity contribution in [2.75, 3.05) is 0 Å². The fourth-order valence-electron chi connectivity index (χ4n) is 2.04. The highest BCUT2D eigenvalue weighted by molar-refractivity contribution is 6.13. The standard InChI is InChI=1S/C10H8N4O3/c11-8(15)7-4-2-1-3-5(6(4)13-14-7)10(17)12-9(3)16/h1-2,9,16H,(H2,11,15)(H,12,17)(H,13,14). The minimum absolute atomic E-state index is 0.0805. The van der Waals surface area contributed by atoms with Gasteiger partial charge in [0.25, 0.3) is 11.8 Å². The maximum atomic E-state index is 11.6. The van der Waals surface area contributed by atoms with E-state index in [-0.39, 0.29) is 5.69 Å². The van der Waals surface area contributed by atoms with Crippen molar-refractivity contribution >= 4 is 22.7 Å². The van der Waals surface area contributed by atoms with E-state index in [1.165, 1.54) is 0 Å². The van der Waals surface area contributed by atoms with Crippen molar-refractivity contribution in [2.45, 2.75) is 6.23 Å². The molecule has 2 aromatic rings. The predicted molar refractivity (Wildman–Crippen MR) is 57.0 cm³/mol. The van der Waals surface area contributed by atoms with Crippen LogP contribution in [0.1, 0.15) is 32.6 Å². The number of H-pyrrole nitrogens is 1. The van der Waals surface area contributed by atoms with Crippen LogP contribution >= 0.6 is 0 Å². The fourth-order valence-corrected chi connectivity index (χ4v) is 2.04. The van der Waals surface area contributed by atoms with Crippen molar-refractivity contribution in [1.29, 1.82) is 0 Å². The zero-order valence-electron chi connectivity index (χ0n) is 8.52. The molecule has 1 aromatic heterocycles. The van der Waals surface area contributed by atoms with Gasteiger partial charge in [-0.25, -0.2) is 0 Å². The number of aliphatic hydroxyl groups is 1. The number of primary amides is 1. The maximum absolute atomic E-state index is 11.6. The molecular weight excluding hydrogens is 224 g/mol. The highest BCUT2D eigenvalue weighted by Gasteiger charge is 2.30. The van der Waals surface area contributed by atoms with Crippen LogP contribution in [0.5, 0.6) is 0 Å². The topological polar surface area (TPSA) is 121 Å². The van der Waals surface area contributed by atoms with Crippen LogP contribution < -0.4 is 11.1 Å². The second-order valence-corrected chi connectivity index (χ2v) is 3.76. The van der Waals surface area contributed by atoms with E-state index >= 15 is 0 Å². The van der Waals surface area contributed by atoms with Crippen LogP contribution in [-0.4, -0.2) is 27.1 Å². The van der Waals surface area contributed by atoms with Crippen LogP contribution in [0.2, 0.25) is 0 Å². The van der Waals surface area contributed by atoms with Gasteiger partial charge in [-0.3, -0.25) is 14.7 Å². The molecule has 1 atom stereocenters. The molecule has 0 radical (unpaired) electrons. The van der Waals surface area contributed by atoms with E-state index in [0.29, 0.717) is 22.0 Å². The van der Waals surface area contributed by atoms with Gasteiger partial charge in [-0.05, 0) is 6.07 Å². The molecular formula is C10H8N4O3. The summed E-state index contributed by atoms with van der Waals surface area (Å²) in [5, 5.41) is 18.8. The van der Waals surface area contributed by atoms with Crippen molar-refractivity contribution in [3.63, 3.8) is 0 Å². The highest BCUT2D eigenvalue weighted by atomic mass is 16.3. The molecule has 0 spiro atoms. The number of rotatable bonds is 1. The molecule has 0 bridgehead atoms. The summed E-state index contributed by atoms with van der Waals surface area (Å²) in [6, 6.07) is 3.17. The highest BCUT2D eigenvalue weighted by Crippen LogP contribution is 2.30. The molecule has 5 N–H and O–H groups in total. The molecule has 0 saturated carbocycles. The zero-order chi connectivity index (χ0) is 12.2. The van der Waals surface area contributed by atoms with Crippen LogP contribution in [0.3, 0.4) is 0 Å². The van der Waals surface area contributed by atoms with Gasteiger partial charge in [0, 0.05) is 10.9 Å². The van der Waals surface area contributed by atoms with Gasteiger partial charge in [-0.15, -0.1) is 0 Å². The number of aromatic nitrogens is 2. The Hall–Kier alpha value is -2.41. The van der Waals surface area contributed by atoms with Crippen molar-refractivity contribution < 1.29 is 14.7 Å². The van der Waals surface area contributed by atoms with Gasteiger partial charge in [0.15, 0.2) is 11.9 Å². The van der Waals surface area contributed by atoms with Crippen LogP contribution in [0.15, 0.2) is 12.1 Å². The van der Waals surface area contributed by atoms with Crippen molar-refractivity contribution in [3.05, 3.63) is 29.0 Å². The Balaban J connectivity index is 2.38. The maximum Gasteiger partial charge on any atom is 0.269 e. The number of benzene rings is 1. The Kier molecular flexibility index (Phi) is 1.75. The lowest BCUT2D eigenvalue weighted by atomic mass is 10.0. The van der Waals surface area contributed by atoms with Gasteiger partial charge >= 0.3 is 0 Å². The number of amides is 2. The molecule has 0 saturated heterocycles. The van der Waals surface area contributed by atoms with E-state index in [1.807, 2.05) is 0 Å². The average Bonchev–Trinajstić information content (AvgIpc) is 2.80. The fraction of sp³-hybridized carbons (Fsp3) is 0.100. The van der Waals surface area contributed by atoms with Crippen LogP contribution in [0.25, 0.3) is 10.9 Å². The molecule has 0 fully saturated rings. The van der Waals surface area contributed by atoms with Crippen LogP contribution in [0, 0.1) is 0 Å². The van der Waals surface area contributed by atoms with Crippen LogP contribution in [0.4, 0.5) is 0 Å². The lowest BCUT2D eigenvalue weighted by Crippen LogP contribution is -2.18. The number of carbonyl (C=O) groups is 2. The lowest BCUT2D eigenvalue weighted by molar-refractivity contribution is 0.0850. The number of aliphatic hydroxyl groups excluding tert-OH is 1. The number of nitrogens with two attached hydrogens (primary N) is 1. The molecule has 2 heterocycles. The van der Waals surface area contributed by atoms with Gasteiger partial charge < -0.3 is 16.2 Å². The minimum atomic E-state index is -1.03. The number of nitrogens with one attached hydrogen (secondary N) is 2. The van der Waals surface area contributed by atoms with Gasteiger partial charge in [0.05, 0.1) is 11.1 Å². The number of hydrogen-bond acceptors (Lipinski definition) is 4. The predicted octanol–water partition coefficient (Wildman–Crippen LogP) is -0.604. The molecule has 2 amide bonds. The largest absolute Gasteiger partial charge is 0.369 e. The summed E-state index contributed by atoms with van der Waals surface area (Å²) >= 11 is 0. The van der Waals surface area contributed by atoms with Gasteiger partial charge in [0.1, 0.15) is 0 Å². The first-order valence-electron chi connectivity index (χ1n) is 4.89. The van der Waals surface area contributed by atoms with E-state index in [9.17, 15) is 14.7 Å². The molecule has 3 rings (SSSR count). The van der Waals surface area contributed by atoms with Crippen LogP contribution in [-0.2, 0) is 0 Å². The SMILES string of the molecule is NC(=O)c1n[nH]c2c3c(ccc12)C(O)NC3=O. The van der Waals surface area contributed by atoms with E-state index in [0.717, 1.165) is 0 Å². The molecule has 17 heavy (non-hydrogen) atoms. The second kappa shape index (κ2) is 3.05. The average molecular weight is 232 g/mol. The van der Waals surface area contributed by atoms with Gasteiger partial charge in [-0.2, -0.15) is 5.10 Å². The first-order chi connectivity index (χ1) is 8.09. The smallest absolute Gasteiger partial charge is 0.269 e. The Morgan fingerprint density at radius 1 is 1.47 bits per heavy atom. The molecule has 1 aliphatic rings. The Morgan fingerprint density at radius 3 is 2.94 bits per heavy atom. The van der Waals surface area contributed by atoms with E-state index in [1.54, 1.807) is 12.1 Å². The number of aromatic amines is 1. The Bertz CT molecular complexity index is 661. The number of fused-ring (bicyclic) bond motifs is 3. The van der Waals surface area contributed by atoms with Crippen molar-refractivity contribution in [2.24, 2.45) is 5.73 Å².